The molecule has 1 saturated heterocycles. The highest BCUT2D eigenvalue weighted by atomic mass is 32.1. The first-order chi connectivity index (χ1) is 12.0. The fraction of sp³-hybridized carbons (Fsp3) is 0.632. The molecule has 1 aliphatic carbocycles. The molecule has 1 unspecified atom stereocenters. The summed E-state index contributed by atoms with van der Waals surface area (Å²) in [5.74, 6) is 2.04. The summed E-state index contributed by atoms with van der Waals surface area (Å²) in [6.45, 7) is 5.90. The lowest BCUT2D eigenvalue weighted by Crippen LogP contribution is -2.45. The Morgan fingerprint density at radius 2 is 2.04 bits per heavy atom. The second-order valence-corrected chi connectivity index (χ2v) is 8.66. The van der Waals surface area contributed by atoms with Gasteiger partial charge in [0.15, 0.2) is 0 Å². The van der Waals surface area contributed by atoms with E-state index in [1.54, 1.807) is 13.3 Å². The molecule has 0 radical (unpaired) electrons. The molecule has 4 rings (SSSR count). The average Bonchev–Trinajstić information content (AvgIpc) is 2.98. The van der Waals surface area contributed by atoms with Crippen LogP contribution in [0, 0.1) is 5.92 Å². The van der Waals surface area contributed by atoms with Gasteiger partial charge in [-0.1, -0.05) is 6.92 Å². The van der Waals surface area contributed by atoms with Crippen molar-refractivity contribution in [3.05, 3.63) is 16.8 Å². The van der Waals surface area contributed by atoms with E-state index in [-0.39, 0.29) is 5.91 Å². The Morgan fingerprint density at radius 1 is 1.28 bits per heavy atom. The first kappa shape index (κ1) is 16.8. The zero-order valence-corrected chi connectivity index (χ0v) is 16.1. The zero-order valence-electron chi connectivity index (χ0n) is 15.3. The molecule has 5 nitrogen and oxygen atoms in total. The minimum Gasteiger partial charge on any atom is -0.356 e. The van der Waals surface area contributed by atoms with Crippen molar-refractivity contribution in [2.45, 2.75) is 52.0 Å². The maximum absolute atomic E-state index is 11.6. The number of fused-ring (bicyclic) bond motifs is 3. The van der Waals surface area contributed by atoms with E-state index in [2.05, 4.69) is 21.8 Å². The third kappa shape index (κ3) is 3.01. The van der Waals surface area contributed by atoms with Gasteiger partial charge in [0.2, 0.25) is 5.91 Å². The van der Waals surface area contributed by atoms with Gasteiger partial charge in [0, 0.05) is 38.0 Å². The highest BCUT2D eigenvalue weighted by molar-refractivity contribution is 7.19. The number of amides is 1. The van der Waals surface area contributed by atoms with Crippen molar-refractivity contribution in [2.75, 3.05) is 25.0 Å². The summed E-state index contributed by atoms with van der Waals surface area (Å²) in [6, 6.07) is 0.350. The van der Waals surface area contributed by atoms with E-state index in [1.165, 1.54) is 28.7 Å². The number of hydrogen-bond acceptors (Lipinski definition) is 5. The van der Waals surface area contributed by atoms with E-state index in [9.17, 15) is 4.79 Å². The van der Waals surface area contributed by atoms with Crippen molar-refractivity contribution in [3.8, 4) is 0 Å². The molecule has 3 heterocycles. The van der Waals surface area contributed by atoms with Gasteiger partial charge in [0.1, 0.15) is 17.0 Å². The quantitative estimate of drug-likeness (QED) is 0.827. The van der Waals surface area contributed by atoms with Crippen LogP contribution < -0.4 is 4.90 Å². The summed E-state index contributed by atoms with van der Waals surface area (Å²) >= 11 is 1.86. The summed E-state index contributed by atoms with van der Waals surface area (Å²) in [6.07, 6.45) is 7.33. The van der Waals surface area contributed by atoms with E-state index < -0.39 is 0 Å². The molecule has 134 valence electrons. The minimum absolute atomic E-state index is 0.156. The molecule has 2 aliphatic rings. The molecule has 1 aliphatic heterocycles. The first-order valence-electron chi connectivity index (χ1n) is 9.28. The monoisotopic (exact) mass is 358 g/mol. The lowest BCUT2D eigenvalue weighted by molar-refractivity contribution is -0.129. The van der Waals surface area contributed by atoms with Crippen LogP contribution in [0.3, 0.4) is 0 Å². The normalized spacial score (nSPS) is 21.4. The predicted octanol–water partition coefficient (Wildman–Crippen LogP) is 3.26. The Bertz CT molecular complexity index is 794. The third-order valence-electron chi connectivity index (χ3n) is 5.88. The topological polar surface area (TPSA) is 49.3 Å². The van der Waals surface area contributed by atoms with Gasteiger partial charge in [-0.3, -0.25) is 4.79 Å². The van der Waals surface area contributed by atoms with Gasteiger partial charge in [-0.15, -0.1) is 11.3 Å². The van der Waals surface area contributed by atoms with Crippen LogP contribution in [0.4, 0.5) is 5.82 Å². The molecule has 0 bridgehead atoms. The SMILES string of the molecule is CC(=O)N(C)C1CCN(c2ncnc3sc4c(c23)CCC(C)C4)CC1. The number of aromatic nitrogens is 2. The summed E-state index contributed by atoms with van der Waals surface area (Å²) in [4.78, 5) is 27.8. The van der Waals surface area contributed by atoms with Crippen LogP contribution >= 0.6 is 11.3 Å². The van der Waals surface area contributed by atoms with E-state index in [1.807, 2.05) is 23.3 Å². The number of carbonyl (C=O) groups excluding carboxylic acids is 1. The maximum Gasteiger partial charge on any atom is 0.219 e. The van der Waals surface area contributed by atoms with Gasteiger partial charge in [-0.25, -0.2) is 9.97 Å². The summed E-state index contributed by atoms with van der Waals surface area (Å²) in [7, 11) is 1.92. The number of rotatable bonds is 2. The minimum atomic E-state index is 0.156. The van der Waals surface area contributed by atoms with Gasteiger partial charge in [0.05, 0.1) is 5.39 Å². The van der Waals surface area contributed by atoms with Gasteiger partial charge in [-0.05, 0) is 43.6 Å². The first-order valence-corrected chi connectivity index (χ1v) is 10.1. The largest absolute Gasteiger partial charge is 0.356 e. The van der Waals surface area contributed by atoms with Crippen molar-refractivity contribution < 1.29 is 4.79 Å². The summed E-state index contributed by atoms with van der Waals surface area (Å²) in [5.41, 5.74) is 1.50. The summed E-state index contributed by atoms with van der Waals surface area (Å²) < 4.78 is 0. The second kappa shape index (κ2) is 6.56. The van der Waals surface area contributed by atoms with Crippen molar-refractivity contribution in [2.24, 2.45) is 5.92 Å². The highest BCUT2D eigenvalue weighted by Crippen LogP contribution is 2.41. The highest BCUT2D eigenvalue weighted by Gasteiger charge is 2.28. The molecular weight excluding hydrogens is 332 g/mol. The molecule has 1 amide bonds. The van der Waals surface area contributed by atoms with Gasteiger partial charge in [0.25, 0.3) is 0 Å². The molecule has 2 aromatic heterocycles. The Balaban J connectivity index is 1.61. The molecule has 6 heteroatoms. The van der Waals surface area contributed by atoms with Crippen molar-refractivity contribution >= 4 is 33.3 Å². The molecule has 1 fully saturated rings. The van der Waals surface area contributed by atoms with E-state index in [0.717, 1.165) is 48.9 Å². The Labute approximate surface area is 153 Å². The van der Waals surface area contributed by atoms with Gasteiger partial charge < -0.3 is 9.80 Å². The standard InChI is InChI=1S/C19H26N4OS/c1-12-4-5-15-16(10-12)25-19-17(15)18(20-11-21-19)23-8-6-14(7-9-23)22(3)13(2)24/h11-12,14H,4-10H2,1-3H3. The number of hydrogen-bond donors (Lipinski definition) is 0. The van der Waals surface area contributed by atoms with Crippen LogP contribution in [0.5, 0.6) is 0 Å². The summed E-state index contributed by atoms with van der Waals surface area (Å²) in [5, 5.41) is 1.30. The van der Waals surface area contributed by atoms with E-state index >= 15 is 0 Å². The predicted molar refractivity (Wildman–Crippen MR) is 102 cm³/mol. The molecular formula is C19H26N4OS. The van der Waals surface area contributed by atoms with Crippen LogP contribution in [0.25, 0.3) is 10.2 Å². The van der Waals surface area contributed by atoms with Crippen molar-refractivity contribution in [1.29, 1.82) is 0 Å². The van der Waals surface area contributed by atoms with Gasteiger partial charge in [-0.2, -0.15) is 0 Å². The fourth-order valence-electron chi connectivity index (χ4n) is 4.22. The van der Waals surface area contributed by atoms with Crippen LogP contribution in [0.1, 0.15) is 43.6 Å². The molecule has 0 N–H and O–H groups in total. The number of aryl methyl sites for hydroxylation is 1. The van der Waals surface area contributed by atoms with Crippen LogP contribution in [0.2, 0.25) is 0 Å². The van der Waals surface area contributed by atoms with Crippen molar-refractivity contribution in [3.63, 3.8) is 0 Å². The zero-order chi connectivity index (χ0) is 17.6. The molecule has 0 saturated carbocycles. The number of anilines is 1. The van der Waals surface area contributed by atoms with Crippen LogP contribution in [-0.2, 0) is 17.6 Å². The molecule has 25 heavy (non-hydrogen) atoms. The lowest BCUT2D eigenvalue weighted by Gasteiger charge is -2.37. The van der Waals surface area contributed by atoms with Gasteiger partial charge >= 0.3 is 0 Å². The Hall–Kier alpha value is -1.69. The van der Waals surface area contributed by atoms with Crippen LogP contribution in [-0.4, -0.2) is 47.0 Å². The second-order valence-electron chi connectivity index (χ2n) is 7.58. The lowest BCUT2D eigenvalue weighted by atomic mass is 9.89. The number of carbonyl (C=O) groups is 1. The molecule has 1 atom stereocenters. The molecule has 2 aromatic rings. The van der Waals surface area contributed by atoms with Crippen LogP contribution in [0.15, 0.2) is 6.33 Å². The smallest absolute Gasteiger partial charge is 0.219 e. The average molecular weight is 359 g/mol. The Morgan fingerprint density at radius 3 is 2.76 bits per heavy atom. The number of piperidine rings is 1. The number of thiophene rings is 1. The molecule has 0 spiro atoms. The van der Waals surface area contributed by atoms with E-state index in [4.69, 9.17) is 0 Å². The van der Waals surface area contributed by atoms with E-state index in [0.29, 0.717) is 6.04 Å². The van der Waals surface area contributed by atoms with Crippen molar-refractivity contribution in [1.82, 2.24) is 14.9 Å². The fourth-order valence-corrected chi connectivity index (χ4v) is 5.57. The number of nitrogens with zero attached hydrogens (tertiary/aromatic N) is 4. The molecule has 0 aromatic carbocycles. The third-order valence-corrected chi connectivity index (χ3v) is 7.04. The maximum atomic E-state index is 11.6. The Kier molecular flexibility index (Phi) is 4.40.